The van der Waals surface area contributed by atoms with Crippen molar-refractivity contribution in [2.45, 2.75) is 85.4 Å². The van der Waals surface area contributed by atoms with Crippen LogP contribution in [0.1, 0.15) is 88.7 Å². The van der Waals surface area contributed by atoms with Gasteiger partial charge in [0.15, 0.2) is 0 Å². The van der Waals surface area contributed by atoms with Crippen LogP contribution in [-0.4, -0.2) is 6.71 Å². The van der Waals surface area contributed by atoms with Crippen molar-refractivity contribution in [1.82, 2.24) is 0 Å². The van der Waals surface area contributed by atoms with Crippen molar-refractivity contribution >= 4 is 96.2 Å². The summed E-state index contributed by atoms with van der Waals surface area (Å²) in [7, 11) is 0. The van der Waals surface area contributed by atoms with E-state index in [1.165, 1.54) is 22.2 Å². The van der Waals surface area contributed by atoms with Gasteiger partial charge in [0, 0.05) is 71.6 Å². The van der Waals surface area contributed by atoms with Crippen LogP contribution < -0.4 is 31.1 Å². The molecular weight excluding hydrogens is 1020 g/mol. The Morgan fingerprint density at radius 1 is 0.381 bits per heavy atom. The molecule has 4 nitrogen and oxygen atoms in total. The molecular formula is C79H70BN3O. The summed E-state index contributed by atoms with van der Waals surface area (Å²) in [5, 5.41) is 2.19. The van der Waals surface area contributed by atoms with Gasteiger partial charge in [-0.05, 0) is 174 Å². The van der Waals surface area contributed by atoms with Crippen LogP contribution in [0, 0.1) is 6.85 Å². The number of fused-ring (bicyclic) bond motifs is 7. The van der Waals surface area contributed by atoms with Gasteiger partial charge in [-0.1, -0.05) is 220 Å². The monoisotopic (exact) mass is 1090 g/mol. The van der Waals surface area contributed by atoms with Crippen LogP contribution in [-0.2, 0) is 16.2 Å². The summed E-state index contributed by atoms with van der Waals surface area (Å²) in [6.07, 6.45) is 0. The third kappa shape index (κ3) is 9.09. The van der Waals surface area contributed by atoms with Gasteiger partial charge >= 0.3 is 0 Å². The Balaban J connectivity index is 1.03. The lowest BCUT2D eigenvalue weighted by Gasteiger charge is -2.45. The maximum atomic E-state index is 8.75. The molecule has 0 bridgehead atoms. The highest BCUT2D eigenvalue weighted by atomic mass is 16.3. The molecule has 0 saturated heterocycles. The van der Waals surface area contributed by atoms with Crippen molar-refractivity contribution in [3.05, 3.63) is 265 Å². The minimum atomic E-state index is -2.33. The molecule has 14 rings (SSSR count). The van der Waals surface area contributed by atoms with Crippen molar-refractivity contribution < 1.29 is 8.53 Å². The van der Waals surface area contributed by atoms with Crippen LogP contribution >= 0.6 is 0 Å². The summed E-state index contributed by atoms with van der Waals surface area (Å²) in [4.78, 5) is 7.36. The molecule has 0 radical (unpaired) electrons. The number of benzene rings is 11. The molecule has 0 spiro atoms. The van der Waals surface area contributed by atoms with Gasteiger partial charge in [0.25, 0.3) is 6.71 Å². The van der Waals surface area contributed by atoms with Crippen molar-refractivity contribution in [3.8, 4) is 33.4 Å². The molecule has 0 N–H and O–H groups in total. The van der Waals surface area contributed by atoms with Gasteiger partial charge in [-0.15, -0.1) is 0 Å². The Bertz CT molecular complexity index is 4550. The SMILES string of the molecule is [2H]C([2H])([2H])c1ccccc1-c1ccc2c(c1)B1c3ccc(N(c4ccc(C(C)(C)C)cc4)c4ccc(C(C)(C)C)cc4)cc3N(c3ccc(-c4ccccc4)cc3)c3cc(C(C)(C)C)cc(c31)N2c1ccc(-c2cccc3c2oc2ccccc23)cc1. The summed E-state index contributed by atoms with van der Waals surface area (Å²) in [5.74, 6) is 0. The summed E-state index contributed by atoms with van der Waals surface area (Å²) in [5.41, 5.74) is 24.3. The van der Waals surface area contributed by atoms with E-state index in [0.717, 1.165) is 112 Å². The second kappa shape index (κ2) is 20.0. The van der Waals surface area contributed by atoms with E-state index < -0.39 is 6.85 Å². The summed E-state index contributed by atoms with van der Waals surface area (Å²) < 4.78 is 32.9. The summed E-state index contributed by atoms with van der Waals surface area (Å²) >= 11 is 0. The first-order chi connectivity index (χ1) is 41.7. The van der Waals surface area contributed by atoms with Crippen LogP contribution in [0.3, 0.4) is 0 Å². The molecule has 5 heteroatoms. The van der Waals surface area contributed by atoms with E-state index >= 15 is 0 Å². The molecule has 2 aliphatic heterocycles. The fourth-order valence-electron chi connectivity index (χ4n) is 12.9. The number of hydrogen-bond acceptors (Lipinski definition) is 4. The Hall–Kier alpha value is -9.32. The molecule has 1 aromatic heterocycles. The number of anilines is 9. The second-order valence-electron chi connectivity index (χ2n) is 26.0. The van der Waals surface area contributed by atoms with Crippen molar-refractivity contribution in [1.29, 1.82) is 0 Å². The largest absolute Gasteiger partial charge is 0.455 e. The van der Waals surface area contributed by atoms with Crippen molar-refractivity contribution in [3.63, 3.8) is 0 Å². The molecule has 0 aliphatic carbocycles. The predicted octanol–water partition coefficient (Wildman–Crippen LogP) is 20.3. The summed E-state index contributed by atoms with van der Waals surface area (Å²) in [6, 6.07) is 87.5. The van der Waals surface area contributed by atoms with E-state index in [9.17, 15) is 0 Å². The number of para-hydroxylation sites is 2. The molecule has 84 heavy (non-hydrogen) atoms. The molecule has 3 heterocycles. The highest BCUT2D eigenvalue weighted by Gasteiger charge is 2.45. The van der Waals surface area contributed by atoms with Gasteiger partial charge in [0.05, 0.1) is 0 Å². The molecule has 0 unspecified atom stereocenters. The van der Waals surface area contributed by atoms with Gasteiger partial charge in [-0.3, -0.25) is 0 Å². The first-order valence-electron chi connectivity index (χ1n) is 31.0. The maximum Gasteiger partial charge on any atom is 0.252 e. The highest BCUT2D eigenvalue weighted by Crippen LogP contribution is 2.49. The van der Waals surface area contributed by atoms with E-state index in [1.54, 1.807) is 6.07 Å². The first kappa shape index (κ1) is 49.3. The average Bonchev–Trinajstić information content (AvgIpc) is 1.17. The molecule has 11 aromatic carbocycles. The smallest absolute Gasteiger partial charge is 0.252 e. The lowest BCUT2D eigenvalue weighted by Crippen LogP contribution is -2.61. The van der Waals surface area contributed by atoms with Crippen molar-refractivity contribution in [2.75, 3.05) is 14.7 Å². The van der Waals surface area contributed by atoms with E-state index in [-0.39, 0.29) is 23.0 Å². The lowest BCUT2D eigenvalue weighted by atomic mass is 9.33. The molecule has 0 amide bonds. The summed E-state index contributed by atoms with van der Waals surface area (Å²) in [6.45, 7) is 17.9. The third-order valence-corrected chi connectivity index (χ3v) is 17.5. The topological polar surface area (TPSA) is 22.9 Å². The minimum Gasteiger partial charge on any atom is -0.455 e. The van der Waals surface area contributed by atoms with Gasteiger partial charge in [0.2, 0.25) is 0 Å². The quantitative estimate of drug-likeness (QED) is 0.141. The second-order valence-corrected chi connectivity index (χ2v) is 26.0. The predicted molar refractivity (Wildman–Crippen MR) is 360 cm³/mol. The standard InChI is InChI=1S/C79H70BN3O/c1-51-19-14-15-22-64(51)55-31-46-70-69(47-55)80-68-45-44-63(81(59-40-32-56(33-41-59)77(2,3)4)60-42-34-57(35-43-60)78(5,6)7)50-71(68)83(62-36-27-53(28-37-62)52-20-12-11-13-21-52)73-49-58(79(8,9)10)48-72(75(73)80)82(70)61-38-29-54(30-39-61)65-24-18-25-67-66-23-16-17-26-74(66)84-76(65)67/h11-50H,1-10H3/i1D3. The zero-order valence-electron chi connectivity index (χ0n) is 52.4. The maximum absolute atomic E-state index is 8.75. The van der Waals surface area contributed by atoms with E-state index in [2.05, 4.69) is 283 Å². The average molecular weight is 1090 g/mol. The molecule has 0 fully saturated rings. The van der Waals surface area contributed by atoms with Crippen LogP contribution in [0.4, 0.5) is 51.2 Å². The number of nitrogens with zero attached hydrogens (tertiary/aromatic N) is 3. The third-order valence-electron chi connectivity index (χ3n) is 17.5. The minimum absolute atomic E-state index is 0.0202. The van der Waals surface area contributed by atoms with Crippen LogP contribution in [0.5, 0.6) is 0 Å². The Labute approximate surface area is 500 Å². The van der Waals surface area contributed by atoms with E-state index in [1.807, 2.05) is 30.3 Å². The lowest BCUT2D eigenvalue weighted by molar-refractivity contribution is 0.590. The van der Waals surface area contributed by atoms with Gasteiger partial charge in [0.1, 0.15) is 11.2 Å². The van der Waals surface area contributed by atoms with Gasteiger partial charge in [-0.25, -0.2) is 0 Å². The fraction of sp³-hybridized carbons (Fsp3) is 0.165. The highest BCUT2D eigenvalue weighted by molar-refractivity contribution is 7.00. The fourth-order valence-corrected chi connectivity index (χ4v) is 12.9. The zero-order valence-corrected chi connectivity index (χ0v) is 49.4. The Morgan fingerprint density at radius 2 is 0.905 bits per heavy atom. The van der Waals surface area contributed by atoms with Gasteiger partial charge in [-0.2, -0.15) is 0 Å². The number of hydrogen-bond donors (Lipinski definition) is 0. The Morgan fingerprint density at radius 3 is 1.54 bits per heavy atom. The molecule has 12 aromatic rings. The van der Waals surface area contributed by atoms with E-state index in [0.29, 0.717) is 11.1 Å². The van der Waals surface area contributed by atoms with Crippen LogP contribution in [0.15, 0.2) is 247 Å². The molecule has 410 valence electrons. The zero-order chi connectivity index (χ0) is 60.3. The number of rotatable bonds is 8. The Kier molecular flexibility index (Phi) is 11.7. The molecule has 0 saturated carbocycles. The van der Waals surface area contributed by atoms with Crippen LogP contribution in [0.25, 0.3) is 55.3 Å². The number of furan rings is 1. The molecule has 0 atom stereocenters. The van der Waals surface area contributed by atoms with Crippen molar-refractivity contribution in [2.24, 2.45) is 0 Å². The van der Waals surface area contributed by atoms with Gasteiger partial charge < -0.3 is 19.1 Å². The van der Waals surface area contributed by atoms with Crippen LogP contribution in [0.2, 0.25) is 0 Å². The van der Waals surface area contributed by atoms with E-state index in [4.69, 9.17) is 8.53 Å². The normalized spacial score (nSPS) is 13.7. The first-order valence-corrected chi connectivity index (χ1v) is 29.5. The molecule has 2 aliphatic rings. The number of aryl methyl sites for hydroxylation is 1.